The lowest BCUT2D eigenvalue weighted by molar-refractivity contribution is -0.121. The zero-order valence-electron chi connectivity index (χ0n) is 21.9. The van der Waals surface area contributed by atoms with Crippen LogP contribution in [0.25, 0.3) is 6.08 Å². The van der Waals surface area contributed by atoms with Crippen LogP contribution in [-0.4, -0.2) is 28.9 Å². The second-order valence-electron chi connectivity index (χ2n) is 9.27. The number of benzene rings is 4. The van der Waals surface area contributed by atoms with E-state index in [1.54, 1.807) is 60.7 Å². The largest absolute Gasteiger partial charge is 0.321 e. The van der Waals surface area contributed by atoms with Crippen molar-refractivity contribution < 1.29 is 23.6 Å². The first-order valence-corrected chi connectivity index (χ1v) is 14.5. The van der Waals surface area contributed by atoms with Gasteiger partial charge in [-0.05, 0) is 84.4 Å². The summed E-state index contributed by atoms with van der Waals surface area (Å²) in [5.74, 6) is -2.12. The lowest BCUT2D eigenvalue weighted by atomic mass is 10.1. The Morgan fingerprint density at radius 1 is 0.905 bits per heavy atom. The monoisotopic (exact) mass is 643 g/mol. The third-order valence-corrected chi connectivity index (χ3v) is 7.96. The van der Waals surface area contributed by atoms with Crippen molar-refractivity contribution in [3.8, 4) is 0 Å². The molecule has 0 aliphatic carbocycles. The number of thioether (sulfide) groups is 1. The predicted octanol–water partition coefficient (Wildman–Crippen LogP) is 6.42. The lowest BCUT2D eigenvalue weighted by Gasteiger charge is -2.15. The number of rotatable bonds is 8. The van der Waals surface area contributed by atoms with E-state index in [1.807, 2.05) is 24.3 Å². The highest BCUT2D eigenvalue weighted by Crippen LogP contribution is 2.34. The Morgan fingerprint density at radius 3 is 2.31 bits per heavy atom. The molecule has 0 saturated carbocycles. The first kappa shape index (κ1) is 29.0. The Bertz CT molecular complexity index is 1680. The highest BCUT2D eigenvalue weighted by atomic mass is 79.9. The second kappa shape index (κ2) is 13.0. The molecular weight excluding hydrogens is 621 g/mol. The van der Waals surface area contributed by atoms with Crippen LogP contribution in [0.3, 0.4) is 0 Å². The van der Waals surface area contributed by atoms with Gasteiger partial charge in [0.1, 0.15) is 11.5 Å². The molecule has 4 amide bonds. The van der Waals surface area contributed by atoms with Crippen LogP contribution in [0.15, 0.2) is 118 Å². The molecule has 4 aromatic carbocycles. The van der Waals surface area contributed by atoms with Crippen LogP contribution in [-0.2, 0) is 14.4 Å². The van der Waals surface area contributed by atoms with Crippen LogP contribution in [0.4, 0.5) is 15.8 Å². The molecule has 1 heterocycles. The van der Waals surface area contributed by atoms with E-state index in [0.29, 0.717) is 22.5 Å². The maximum Gasteiger partial charge on any atom is 0.272 e. The van der Waals surface area contributed by atoms with Crippen molar-refractivity contribution in [2.45, 2.75) is 16.6 Å². The Kier molecular flexibility index (Phi) is 8.94. The first-order valence-electron chi connectivity index (χ1n) is 12.8. The summed E-state index contributed by atoms with van der Waals surface area (Å²) in [6, 6.07) is 27.9. The van der Waals surface area contributed by atoms with Gasteiger partial charge in [-0.1, -0.05) is 46.3 Å². The lowest BCUT2D eigenvalue weighted by Crippen LogP contribution is -2.31. The molecule has 0 spiro atoms. The summed E-state index contributed by atoms with van der Waals surface area (Å²) >= 11 is 4.65. The molecule has 5 rings (SSSR count). The van der Waals surface area contributed by atoms with E-state index >= 15 is 0 Å². The molecule has 1 unspecified atom stereocenters. The Morgan fingerprint density at radius 2 is 1.62 bits per heavy atom. The van der Waals surface area contributed by atoms with E-state index in [1.165, 1.54) is 36.0 Å². The highest BCUT2D eigenvalue weighted by molar-refractivity contribution is 9.10. The van der Waals surface area contributed by atoms with Crippen LogP contribution in [0, 0.1) is 5.82 Å². The van der Waals surface area contributed by atoms with E-state index in [9.17, 15) is 23.6 Å². The third kappa shape index (κ3) is 7.02. The fourth-order valence-electron chi connectivity index (χ4n) is 4.24. The molecule has 42 heavy (non-hydrogen) atoms. The van der Waals surface area contributed by atoms with Crippen molar-refractivity contribution in [3.05, 3.63) is 130 Å². The van der Waals surface area contributed by atoms with Gasteiger partial charge in [0, 0.05) is 27.0 Å². The number of carbonyl (C=O) groups is 4. The smallest absolute Gasteiger partial charge is 0.272 e. The van der Waals surface area contributed by atoms with Crippen molar-refractivity contribution in [1.29, 1.82) is 0 Å². The summed E-state index contributed by atoms with van der Waals surface area (Å²) in [5, 5.41) is 4.88. The number of imide groups is 1. The van der Waals surface area contributed by atoms with Gasteiger partial charge in [-0.3, -0.25) is 19.2 Å². The molecule has 210 valence electrons. The molecule has 0 aromatic heterocycles. The van der Waals surface area contributed by atoms with Gasteiger partial charge in [-0.25, -0.2) is 9.29 Å². The summed E-state index contributed by atoms with van der Waals surface area (Å²) in [6.07, 6.45) is 1.60. The number of halogens is 2. The second-order valence-corrected chi connectivity index (χ2v) is 11.5. The van der Waals surface area contributed by atoms with Gasteiger partial charge in [0.2, 0.25) is 11.8 Å². The average molecular weight is 645 g/mol. The van der Waals surface area contributed by atoms with Crippen LogP contribution in [0.5, 0.6) is 0 Å². The van der Waals surface area contributed by atoms with Crippen molar-refractivity contribution in [1.82, 2.24) is 5.32 Å². The first-order chi connectivity index (χ1) is 20.3. The maximum atomic E-state index is 13.3. The summed E-state index contributed by atoms with van der Waals surface area (Å²) < 4.78 is 14.1. The summed E-state index contributed by atoms with van der Waals surface area (Å²) in [5.41, 5.74) is 1.97. The van der Waals surface area contributed by atoms with Gasteiger partial charge in [0.25, 0.3) is 11.8 Å². The van der Waals surface area contributed by atoms with E-state index < -0.39 is 22.9 Å². The number of nitrogens with zero attached hydrogens (tertiary/aromatic N) is 1. The third-order valence-electron chi connectivity index (χ3n) is 6.27. The summed E-state index contributed by atoms with van der Waals surface area (Å²) in [6.45, 7) is 0. The SMILES string of the molecule is O=C(Nc1ccc(SC2CC(=O)N(c3ccc(F)cc3)C2=O)cc1)/C(=C/c1cccc(Br)c1)NC(=O)c1ccccc1. The quantitative estimate of drug-likeness (QED) is 0.171. The van der Waals surface area contributed by atoms with Crippen molar-refractivity contribution in [2.24, 2.45) is 0 Å². The van der Waals surface area contributed by atoms with Crippen LogP contribution < -0.4 is 15.5 Å². The standard InChI is InChI=1S/C32H23BrFN3O4S/c33-22-8-4-5-20(17-22)18-27(36-30(39)21-6-2-1-3-7-21)31(40)35-24-11-15-26(16-12-24)42-28-19-29(38)37(32(28)41)25-13-9-23(34)10-14-25/h1-18,28H,19H2,(H,35,40)(H,36,39)/b27-18-. The number of amides is 4. The normalized spacial score (nSPS) is 15.0. The topological polar surface area (TPSA) is 95.6 Å². The fraction of sp³-hybridized carbons (Fsp3) is 0.0625. The Balaban J connectivity index is 1.28. The fourth-order valence-corrected chi connectivity index (χ4v) is 5.71. The molecule has 1 aliphatic heterocycles. The van der Waals surface area contributed by atoms with E-state index in [-0.39, 0.29) is 23.9 Å². The minimum atomic E-state index is -0.629. The number of anilines is 2. The average Bonchev–Trinajstić information content (AvgIpc) is 3.26. The van der Waals surface area contributed by atoms with Crippen molar-refractivity contribution >= 4 is 68.8 Å². The number of nitrogens with one attached hydrogen (secondary N) is 2. The van der Waals surface area contributed by atoms with Crippen molar-refractivity contribution in [3.63, 3.8) is 0 Å². The zero-order valence-corrected chi connectivity index (χ0v) is 24.3. The predicted molar refractivity (Wildman–Crippen MR) is 164 cm³/mol. The molecule has 1 aliphatic rings. The molecule has 2 N–H and O–H groups in total. The van der Waals surface area contributed by atoms with Gasteiger partial charge in [-0.2, -0.15) is 0 Å². The summed E-state index contributed by atoms with van der Waals surface area (Å²) in [4.78, 5) is 53.4. The van der Waals surface area contributed by atoms with Gasteiger partial charge in [0.15, 0.2) is 0 Å². The Hall–Kier alpha value is -4.54. The van der Waals surface area contributed by atoms with Gasteiger partial charge in [0.05, 0.1) is 10.9 Å². The van der Waals surface area contributed by atoms with E-state index in [2.05, 4.69) is 26.6 Å². The molecule has 0 radical (unpaired) electrons. The van der Waals surface area contributed by atoms with Crippen molar-refractivity contribution in [2.75, 3.05) is 10.2 Å². The van der Waals surface area contributed by atoms with Crippen LogP contribution >= 0.6 is 27.7 Å². The minimum Gasteiger partial charge on any atom is -0.321 e. The molecule has 1 saturated heterocycles. The van der Waals surface area contributed by atoms with Gasteiger partial charge < -0.3 is 10.6 Å². The molecule has 1 atom stereocenters. The van der Waals surface area contributed by atoms with E-state index in [0.717, 1.165) is 14.3 Å². The molecular formula is C32H23BrFN3O4S. The highest BCUT2D eigenvalue weighted by Gasteiger charge is 2.40. The summed E-state index contributed by atoms with van der Waals surface area (Å²) in [7, 11) is 0. The Labute approximate surface area is 253 Å². The van der Waals surface area contributed by atoms with Crippen LogP contribution in [0.1, 0.15) is 22.3 Å². The number of carbonyl (C=O) groups excluding carboxylic acids is 4. The molecule has 0 bridgehead atoms. The van der Waals surface area contributed by atoms with E-state index in [4.69, 9.17) is 0 Å². The van der Waals surface area contributed by atoms with Gasteiger partial charge >= 0.3 is 0 Å². The zero-order chi connectivity index (χ0) is 29.6. The van der Waals surface area contributed by atoms with Gasteiger partial charge in [-0.15, -0.1) is 11.8 Å². The van der Waals surface area contributed by atoms with Crippen LogP contribution in [0.2, 0.25) is 0 Å². The molecule has 1 fully saturated rings. The molecule has 4 aromatic rings. The molecule has 10 heteroatoms. The number of hydrogen-bond donors (Lipinski definition) is 2. The minimum absolute atomic E-state index is 0.0181. The molecule has 7 nitrogen and oxygen atoms in total. The maximum absolute atomic E-state index is 13.3. The number of hydrogen-bond acceptors (Lipinski definition) is 5.